The summed E-state index contributed by atoms with van der Waals surface area (Å²) in [5, 5.41) is 20.3. The van der Waals surface area contributed by atoms with Gasteiger partial charge in [0.05, 0.1) is 33.4 Å². The monoisotopic (exact) mass is 540 g/mol. The Morgan fingerprint density at radius 3 is 1.25 bits per heavy atom. The zero-order valence-corrected chi connectivity index (χ0v) is 23.5. The quantitative estimate of drug-likeness (QED) is 0.199. The molecule has 8 heteroatoms. The molecule has 2 aromatic rings. The van der Waals surface area contributed by atoms with Crippen molar-refractivity contribution in [2.75, 3.05) is 13.1 Å². The van der Waals surface area contributed by atoms with E-state index in [2.05, 4.69) is 13.8 Å². The lowest BCUT2D eigenvalue weighted by molar-refractivity contribution is 0.0585. The van der Waals surface area contributed by atoms with Crippen LogP contribution in [0.1, 0.15) is 143 Å². The number of benzene rings is 2. The molecule has 40 heavy (non-hydrogen) atoms. The standard InChI is InChI=1S/C32H36N4O4/c1-3-5-7-9-11-13-15-35-29(37)23-17-22(20-34)26-28-24(18-21(19-33)25(27(23)28)31(35)39)30(38)36(32(26)40)16-14-12-10-8-6-4-2/h17-18H,3-16H2,1-2H3. The molecule has 0 saturated carbocycles. The average molecular weight is 541 g/mol. The van der Waals surface area contributed by atoms with E-state index in [0.717, 1.165) is 74.0 Å². The first-order valence-electron chi connectivity index (χ1n) is 14.6. The third kappa shape index (κ3) is 5.23. The number of imide groups is 2. The zero-order valence-electron chi connectivity index (χ0n) is 23.5. The van der Waals surface area contributed by atoms with Crippen LogP contribution in [-0.4, -0.2) is 46.5 Å². The lowest BCUT2D eigenvalue weighted by atomic mass is 9.81. The van der Waals surface area contributed by atoms with Crippen LogP contribution < -0.4 is 0 Å². The van der Waals surface area contributed by atoms with E-state index in [0.29, 0.717) is 12.8 Å². The van der Waals surface area contributed by atoms with E-state index < -0.39 is 23.6 Å². The summed E-state index contributed by atoms with van der Waals surface area (Å²) in [5.41, 5.74) is 0.202. The fraction of sp³-hybridized carbons (Fsp3) is 0.500. The second-order valence-electron chi connectivity index (χ2n) is 10.7. The van der Waals surface area contributed by atoms with Crippen LogP contribution in [0.25, 0.3) is 10.8 Å². The second kappa shape index (κ2) is 12.9. The lowest BCUT2D eigenvalue weighted by Crippen LogP contribution is -2.44. The van der Waals surface area contributed by atoms with Gasteiger partial charge in [-0.05, 0) is 25.0 Å². The highest BCUT2D eigenvalue weighted by Crippen LogP contribution is 2.41. The lowest BCUT2D eigenvalue weighted by Gasteiger charge is -2.33. The van der Waals surface area contributed by atoms with Crippen molar-refractivity contribution in [3.8, 4) is 12.1 Å². The van der Waals surface area contributed by atoms with Crippen LogP contribution in [-0.2, 0) is 0 Å². The first kappa shape index (κ1) is 29.0. The van der Waals surface area contributed by atoms with Gasteiger partial charge in [-0.25, -0.2) is 0 Å². The van der Waals surface area contributed by atoms with Crippen molar-refractivity contribution in [2.24, 2.45) is 0 Å². The number of nitriles is 2. The highest BCUT2D eigenvalue weighted by molar-refractivity contribution is 6.34. The molecule has 0 aromatic heterocycles. The van der Waals surface area contributed by atoms with Crippen molar-refractivity contribution in [1.29, 1.82) is 10.5 Å². The number of nitrogens with zero attached hydrogens (tertiary/aromatic N) is 4. The summed E-state index contributed by atoms with van der Waals surface area (Å²) < 4.78 is 0. The minimum absolute atomic E-state index is 0.00734. The highest BCUT2D eigenvalue weighted by atomic mass is 16.2. The predicted octanol–water partition coefficient (Wildman–Crippen LogP) is 6.50. The molecular formula is C32H36N4O4. The Morgan fingerprint density at radius 2 is 0.900 bits per heavy atom. The maximum Gasteiger partial charge on any atom is 0.262 e. The predicted molar refractivity (Wildman–Crippen MR) is 151 cm³/mol. The van der Waals surface area contributed by atoms with E-state index in [-0.39, 0.29) is 57.2 Å². The number of hydrogen-bond donors (Lipinski definition) is 0. The number of carbonyl (C=O) groups is 4. The molecule has 2 aliphatic rings. The van der Waals surface area contributed by atoms with Crippen molar-refractivity contribution in [3.63, 3.8) is 0 Å². The van der Waals surface area contributed by atoms with Crippen molar-refractivity contribution in [2.45, 2.75) is 90.9 Å². The first-order chi connectivity index (χ1) is 19.4. The summed E-state index contributed by atoms with van der Waals surface area (Å²) in [7, 11) is 0. The third-order valence-corrected chi connectivity index (χ3v) is 7.99. The number of carbonyl (C=O) groups excluding carboxylic acids is 4. The van der Waals surface area contributed by atoms with Crippen LogP contribution in [0.4, 0.5) is 0 Å². The number of rotatable bonds is 14. The van der Waals surface area contributed by atoms with Crippen LogP contribution in [0, 0.1) is 22.7 Å². The van der Waals surface area contributed by atoms with Gasteiger partial charge in [-0.15, -0.1) is 0 Å². The minimum Gasteiger partial charge on any atom is -0.274 e. The Morgan fingerprint density at radius 1 is 0.550 bits per heavy atom. The summed E-state index contributed by atoms with van der Waals surface area (Å²) in [4.78, 5) is 56.7. The van der Waals surface area contributed by atoms with Gasteiger partial charge in [0, 0.05) is 23.9 Å². The second-order valence-corrected chi connectivity index (χ2v) is 10.7. The van der Waals surface area contributed by atoms with Gasteiger partial charge in [0.15, 0.2) is 0 Å². The zero-order chi connectivity index (χ0) is 28.8. The van der Waals surface area contributed by atoms with Gasteiger partial charge >= 0.3 is 0 Å². The van der Waals surface area contributed by atoms with Gasteiger partial charge in [0.1, 0.15) is 12.1 Å². The Hall–Kier alpha value is -4.04. The van der Waals surface area contributed by atoms with Gasteiger partial charge in [-0.2, -0.15) is 10.5 Å². The molecule has 0 fully saturated rings. The van der Waals surface area contributed by atoms with Gasteiger partial charge in [0.2, 0.25) is 0 Å². The maximum absolute atomic E-state index is 13.6. The molecule has 2 aliphatic heterocycles. The van der Waals surface area contributed by atoms with E-state index in [1.54, 1.807) is 0 Å². The van der Waals surface area contributed by atoms with E-state index in [9.17, 15) is 29.7 Å². The topological polar surface area (TPSA) is 122 Å². The van der Waals surface area contributed by atoms with Crippen LogP contribution in [0.5, 0.6) is 0 Å². The minimum atomic E-state index is -0.598. The largest absolute Gasteiger partial charge is 0.274 e. The number of hydrogen-bond acceptors (Lipinski definition) is 6. The van der Waals surface area contributed by atoms with Crippen molar-refractivity contribution in [1.82, 2.24) is 9.80 Å². The molecule has 0 aliphatic carbocycles. The SMILES string of the molecule is CCCCCCCCN1C(=O)c2cc(C#N)c3c4c(cc(C#N)c(c24)C1=O)C(=O)N(CCCCCCCC)C3=O. The molecule has 0 spiro atoms. The molecule has 4 amide bonds. The summed E-state index contributed by atoms with van der Waals surface area (Å²) in [6, 6.07) is 6.79. The highest BCUT2D eigenvalue weighted by Gasteiger charge is 2.42. The molecule has 4 rings (SSSR count). The summed E-state index contributed by atoms with van der Waals surface area (Å²) in [6.45, 7) is 4.67. The Bertz CT molecular complexity index is 1340. The Kier molecular flexibility index (Phi) is 9.32. The smallest absolute Gasteiger partial charge is 0.262 e. The molecule has 0 unspecified atom stereocenters. The van der Waals surface area contributed by atoms with E-state index in [1.165, 1.54) is 12.1 Å². The van der Waals surface area contributed by atoms with Gasteiger partial charge in [-0.1, -0.05) is 78.1 Å². The molecule has 0 bridgehead atoms. The van der Waals surface area contributed by atoms with Crippen LogP contribution in [0.2, 0.25) is 0 Å². The summed E-state index contributed by atoms with van der Waals surface area (Å²) >= 11 is 0. The van der Waals surface area contributed by atoms with Crippen molar-refractivity contribution < 1.29 is 19.2 Å². The van der Waals surface area contributed by atoms with Gasteiger partial charge in [-0.3, -0.25) is 29.0 Å². The molecule has 0 N–H and O–H groups in total. The number of amides is 4. The average Bonchev–Trinajstić information content (AvgIpc) is 2.96. The number of unbranched alkanes of at least 4 members (excludes halogenated alkanes) is 10. The fourth-order valence-corrected chi connectivity index (χ4v) is 5.85. The molecule has 0 saturated heterocycles. The van der Waals surface area contributed by atoms with Crippen molar-refractivity contribution in [3.05, 3.63) is 45.5 Å². The normalized spacial score (nSPS) is 14.2. The molecule has 0 radical (unpaired) electrons. The molecule has 0 atom stereocenters. The molecule has 208 valence electrons. The van der Waals surface area contributed by atoms with Crippen LogP contribution >= 0.6 is 0 Å². The maximum atomic E-state index is 13.6. The Labute approximate surface area is 235 Å². The summed E-state index contributed by atoms with van der Waals surface area (Å²) in [5.74, 6) is -2.33. The van der Waals surface area contributed by atoms with E-state index >= 15 is 0 Å². The molecule has 8 nitrogen and oxygen atoms in total. The van der Waals surface area contributed by atoms with Crippen LogP contribution in [0.15, 0.2) is 12.1 Å². The Balaban J connectivity index is 1.73. The summed E-state index contributed by atoms with van der Waals surface area (Å²) in [6.07, 6.45) is 11.7. The van der Waals surface area contributed by atoms with Gasteiger partial charge in [0.25, 0.3) is 23.6 Å². The van der Waals surface area contributed by atoms with Gasteiger partial charge < -0.3 is 0 Å². The van der Waals surface area contributed by atoms with E-state index in [1.807, 2.05) is 12.1 Å². The first-order valence-corrected chi connectivity index (χ1v) is 14.6. The van der Waals surface area contributed by atoms with E-state index in [4.69, 9.17) is 0 Å². The molecule has 2 heterocycles. The van der Waals surface area contributed by atoms with Crippen molar-refractivity contribution >= 4 is 34.4 Å². The van der Waals surface area contributed by atoms with Crippen LogP contribution in [0.3, 0.4) is 0 Å². The third-order valence-electron chi connectivity index (χ3n) is 7.99. The fourth-order valence-electron chi connectivity index (χ4n) is 5.85. The molecule has 2 aromatic carbocycles. The molecular weight excluding hydrogens is 504 g/mol.